The number of hydrogen-bond acceptors (Lipinski definition) is 4. The third-order valence-electron chi connectivity index (χ3n) is 2.81. The highest BCUT2D eigenvalue weighted by atomic mass is 19.1. The Kier molecular flexibility index (Phi) is 4.18. The van der Waals surface area contributed by atoms with Gasteiger partial charge in [0, 0.05) is 12.1 Å². The lowest BCUT2D eigenvalue weighted by Gasteiger charge is -2.17. The summed E-state index contributed by atoms with van der Waals surface area (Å²) in [6.45, 7) is 2.61. The SMILES string of the molecule is CCCn1nncc1C(NN)c1cc(F)ccc1F. The molecule has 1 atom stereocenters. The third-order valence-corrected chi connectivity index (χ3v) is 2.81. The highest BCUT2D eigenvalue weighted by Gasteiger charge is 2.21. The minimum Gasteiger partial charge on any atom is -0.271 e. The van der Waals surface area contributed by atoms with Crippen molar-refractivity contribution in [2.24, 2.45) is 5.84 Å². The smallest absolute Gasteiger partial charge is 0.128 e. The van der Waals surface area contributed by atoms with Crippen LogP contribution in [0.1, 0.15) is 30.6 Å². The van der Waals surface area contributed by atoms with Crippen molar-refractivity contribution < 1.29 is 8.78 Å². The summed E-state index contributed by atoms with van der Waals surface area (Å²) in [5.41, 5.74) is 3.20. The Morgan fingerprint density at radius 2 is 2.21 bits per heavy atom. The van der Waals surface area contributed by atoms with Crippen LogP contribution in [-0.2, 0) is 6.54 Å². The van der Waals surface area contributed by atoms with Gasteiger partial charge in [-0.2, -0.15) is 0 Å². The molecule has 2 rings (SSSR count). The molecule has 0 fully saturated rings. The van der Waals surface area contributed by atoms with Gasteiger partial charge in [-0.25, -0.2) is 18.9 Å². The van der Waals surface area contributed by atoms with Crippen LogP contribution in [-0.4, -0.2) is 15.0 Å². The summed E-state index contributed by atoms with van der Waals surface area (Å²) in [7, 11) is 0. The molecule has 0 aliphatic heterocycles. The van der Waals surface area contributed by atoms with Crippen molar-refractivity contribution in [2.75, 3.05) is 0 Å². The van der Waals surface area contributed by atoms with Gasteiger partial charge in [0.25, 0.3) is 0 Å². The number of halogens is 2. The Balaban J connectivity index is 2.44. The molecule has 1 aromatic carbocycles. The van der Waals surface area contributed by atoms with Crippen LogP contribution in [0.2, 0.25) is 0 Å². The average molecular weight is 267 g/mol. The maximum Gasteiger partial charge on any atom is 0.128 e. The van der Waals surface area contributed by atoms with Crippen LogP contribution in [0.25, 0.3) is 0 Å². The lowest BCUT2D eigenvalue weighted by atomic mass is 10.0. The van der Waals surface area contributed by atoms with E-state index in [0.29, 0.717) is 12.2 Å². The van der Waals surface area contributed by atoms with Crippen LogP contribution >= 0.6 is 0 Å². The fourth-order valence-corrected chi connectivity index (χ4v) is 1.95. The molecule has 0 saturated carbocycles. The van der Waals surface area contributed by atoms with Crippen LogP contribution in [0.3, 0.4) is 0 Å². The highest BCUT2D eigenvalue weighted by molar-refractivity contribution is 5.28. The summed E-state index contributed by atoms with van der Waals surface area (Å²) < 4.78 is 28.7. The Labute approximate surface area is 109 Å². The number of nitrogens with zero attached hydrogens (tertiary/aromatic N) is 3. The molecule has 0 bridgehead atoms. The van der Waals surface area contributed by atoms with Gasteiger partial charge in [0.2, 0.25) is 0 Å². The van der Waals surface area contributed by atoms with E-state index in [9.17, 15) is 8.78 Å². The van der Waals surface area contributed by atoms with Crippen molar-refractivity contribution in [3.63, 3.8) is 0 Å². The first kappa shape index (κ1) is 13.6. The number of hydrogen-bond donors (Lipinski definition) is 2. The zero-order valence-electron chi connectivity index (χ0n) is 10.5. The second kappa shape index (κ2) is 5.85. The lowest BCUT2D eigenvalue weighted by Crippen LogP contribution is -2.31. The first-order chi connectivity index (χ1) is 9.17. The van der Waals surface area contributed by atoms with E-state index in [1.165, 1.54) is 6.20 Å². The Morgan fingerprint density at radius 1 is 1.42 bits per heavy atom. The van der Waals surface area contributed by atoms with Gasteiger partial charge in [0.1, 0.15) is 11.6 Å². The molecule has 7 heteroatoms. The molecule has 0 radical (unpaired) electrons. The fourth-order valence-electron chi connectivity index (χ4n) is 1.95. The van der Waals surface area contributed by atoms with Crippen molar-refractivity contribution >= 4 is 0 Å². The number of aromatic nitrogens is 3. The van der Waals surface area contributed by atoms with Crippen molar-refractivity contribution in [2.45, 2.75) is 25.9 Å². The van der Waals surface area contributed by atoms with Crippen molar-refractivity contribution in [1.82, 2.24) is 20.4 Å². The van der Waals surface area contributed by atoms with E-state index in [0.717, 1.165) is 24.6 Å². The van der Waals surface area contributed by atoms with Gasteiger partial charge in [-0.15, -0.1) is 5.10 Å². The molecular formula is C12H15F2N5. The van der Waals surface area contributed by atoms with E-state index in [-0.39, 0.29) is 5.56 Å². The van der Waals surface area contributed by atoms with Crippen LogP contribution in [0.15, 0.2) is 24.4 Å². The van der Waals surface area contributed by atoms with Crippen molar-refractivity contribution in [3.8, 4) is 0 Å². The Morgan fingerprint density at radius 3 is 2.89 bits per heavy atom. The molecular weight excluding hydrogens is 252 g/mol. The van der Waals surface area contributed by atoms with Crippen LogP contribution < -0.4 is 11.3 Å². The topological polar surface area (TPSA) is 68.8 Å². The first-order valence-corrected chi connectivity index (χ1v) is 5.96. The molecule has 1 unspecified atom stereocenters. The minimum absolute atomic E-state index is 0.127. The summed E-state index contributed by atoms with van der Waals surface area (Å²) in [6.07, 6.45) is 2.34. The number of hydrazine groups is 1. The molecule has 1 aromatic heterocycles. The number of aryl methyl sites for hydroxylation is 1. The molecule has 0 aliphatic carbocycles. The second-order valence-electron chi connectivity index (χ2n) is 4.15. The predicted octanol–water partition coefficient (Wildman–Crippen LogP) is 1.52. The monoisotopic (exact) mass is 267 g/mol. The average Bonchev–Trinajstić information content (AvgIpc) is 2.83. The van der Waals surface area contributed by atoms with Crippen molar-refractivity contribution in [1.29, 1.82) is 0 Å². The van der Waals surface area contributed by atoms with E-state index in [1.54, 1.807) is 4.68 Å². The maximum atomic E-state index is 13.8. The molecule has 1 heterocycles. The van der Waals surface area contributed by atoms with E-state index in [1.807, 2.05) is 6.92 Å². The van der Waals surface area contributed by atoms with Crippen LogP contribution in [0.5, 0.6) is 0 Å². The quantitative estimate of drug-likeness (QED) is 0.636. The van der Waals surface area contributed by atoms with Gasteiger partial charge >= 0.3 is 0 Å². The number of benzene rings is 1. The van der Waals surface area contributed by atoms with E-state index < -0.39 is 17.7 Å². The van der Waals surface area contributed by atoms with Crippen LogP contribution in [0.4, 0.5) is 8.78 Å². The molecule has 3 N–H and O–H groups in total. The van der Waals surface area contributed by atoms with Crippen molar-refractivity contribution in [3.05, 3.63) is 47.3 Å². The summed E-state index contributed by atoms with van der Waals surface area (Å²) in [5.74, 6) is 4.42. The summed E-state index contributed by atoms with van der Waals surface area (Å²) in [4.78, 5) is 0. The first-order valence-electron chi connectivity index (χ1n) is 5.96. The Hall–Kier alpha value is -1.86. The predicted molar refractivity (Wildman–Crippen MR) is 65.8 cm³/mol. The number of nitrogens with one attached hydrogen (secondary N) is 1. The highest BCUT2D eigenvalue weighted by Crippen LogP contribution is 2.24. The summed E-state index contributed by atoms with van der Waals surface area (Å²) >= 11 is 0. The Bertz CT molecular complexity index is 555. The van der Waals surface area contributed by atoms with E-state index >= 15 is 0 Å². The zero-order valence-corrected chi connectivity index (χ0v) is 10.5. The third kappa shape index (κ3) is 2.77. The minimum atomic E-state index is -0.697. The van der Waals surface area contributed by atoms with Gasteiger partial charge in [-0.3, -0.25) is 5.84 Å². The molecule has 0 spiro atoms. The van der Waals surface area contributed by atoms with Gasteiger partial charge in [0.05, 0.1) is 17.9 Å². The standard InChI is InChI=1S/C12H15F2N5/c1-2-5-19-11(7-16-18-19)12(17-15)9-6-8(13)3-4-10(9)14/h3-4,6-7,12,17H,2,5,15H2,1H3. The number of nitrogens with two attached hydrogens (primary N) is 1. The van der Waals surface area contributed by atoms with Gasteiger partial charge in [-0.05, 0) is 24.6 Å². The normalized spacial score (nSPS) is 12.6. The van der Waals surface area contributed by atoms with Gasteiger partial charge in [0.15, 0.2) is 0 Å². The van der Waals surface area contributed by atoms with Crippen LogP contribution in [0, 0.1) is 11.6 Å². The maximum absolute atomic E-state index is 13.8. The second-order valence-corrected chi connectivity index (χ2v) is 4.15. The zero-order chi connectivity index (χ0) is 13.8. The molecule has 19 heavy (non-hydrogen) atoms. The van der Waals surface area contributed by atoms with E-state index in [2.05, 4.69) is 15.7 Å². The van der Waals surface area contributed by atoms with E-state index in [4.69, 9.17) is 5.84 Å². The molecule has 0 aliphatic rings. The molecule has 102 valence electrons. The van der Waals surface area contributed by atoms with Gasteiger partial charge in [-0.1, -0.05) is 12.1 Å². The molecule has 2 aromatic rings. The fraction of sp³-hybridized carbons (Fsp3) is 0.333. The molecule has 0 amide bonds. The van der Waals surface area contributed by atoms with Gasteiger partial charge < -0.3 is 0 Å². The molecule has 5 nitrogen and oxygen atoms in total. The summed E-state index contributed by atoms with van der Waals surface area (Å²) in [5, 5.41) is 7.70. The lowest BCUT2D eigenvalue weighted by molar-refractivity contribution is 0.492. The number of rotatable bonds is 5. The summed E-state index contributed by atoms with van der Waals surface area (Å²) in [6, 6.07) is 2.55. The molecule has 0 saturated heterocycles. The largest absolute Gasteiger partial charge is 0.271 e.